The van der Waals surface area contributed by atoms with Gasteiger partial charge in [0.15, 0.2) is 0 Å². The molecule has 3 aromatic carbocycles. The number of hydrogen-bond donors (Lipinski definition) is 1. The Labute approximate surface area is 180 Å². The van der Waals surface area contributed by atoms with Gasteiger partial charge in [-0.1, -0.05) is 60.4 Å². The Balaban J connectivity index is 1.40. The lowest BCUT2D eigenvalue weighted by Gasteiger charge is -2.13. The van der Waals surface area contributed by atoms with E-state index in [1.807, 2.05) is 60.7 Å². The highest BCUT2D eigenvalue weighted by Crippen LogP contribution is 2.24. The van der Waals surface area contributed by atoms with Crippen molar-refractivity contribution < 1.29 is 14.4 Å². The van der Waals surface area contributed by atoms with Crippen LogP contribution in [-0.2, 0) is 6.42 Å². The maximum absolute atomic E-state index is 12.8. The molecule has 5 nitrogen and oxygen atoms in total. The monoisotopic (exact) mass is 408 g/mol. The highest BCUT2D eigenvalue weighted by molar-refractivity contribution is 6.22. The lowest BCUT2D eigenvalue weighted by molar-refractivity contribution is 0.0656. The third-order valence-corrected chi connectivity index (χ3v) is 5.04. The van der Waals surface area contributed by atoms with Crippen LogP contribution < -0.4 is 5.32 Å². The molecule has 0 saturated carbocycles. The van der Waals surface area contributed by atoms with Crippen LogP contribution in [0.1, 0.15) is 42.2 Å². The number of hydrogen-bond acceptors (Lipinski definition) is 3. The fraction of sp³-hybridized carbons (Fsp3) is 0.115. The van der Waals surface area contributed by atoms with E-state index in [-0.39, 0.29) is 29.8 Å². The summed E-state index contributed by atoms with van der Waals surface area (Å²) >= 11 is 0. The predicted octanol–water partition coefficient (Wildman–Crippen LogP) is 3.31. The van der Waals surface area contributed by atoms with E-state index in [1.54, 1.807) is 12.1 Å². The van der Waals surface area contributed by atoms with E-state index in [0.717, 1.165) is 11.1 Å². The molecule has 3 aromatic rings. The van der Waals surface area contributed by atoms with Gasteiger partial charge in [-0.25, -0.2) is 0 Å². The van der Waals surface area contributed by atoms with Crippen LogP contribution >= 0.6 is 0 Å². The molecular formula is C26H20N2O3. The number of benzene rings is 3. The number of imide groups is 1. The summed E-state index contributed by atoms with van der Waals surface area (Å²) in [4.78, 5) is 39.1. The number of nitrogens with zero attached hydrogens (tertiary/aromatic N) is 1. The van der Waals surface area contributed by atoms with Crippen molar-refractivity contribution in [2.24, 2.45) is 0 Å². The van der Waals surface area contributed by atoms with Gasteiger partial charge in [0.2, 0.25) is 0 Å². The first-order valence-corrected chi connectivity index (χ1v) is 10.00. The maximum atomic E-state index is 12.8. The van der Waals surface area contributed by atoms with Gasteiger partial charge < -0.3 is 5.32 Å². The van der Waals surface area contributed by atoms with Crippen molar-refractivity contribution in [3.8, 4) is 11.8 Å². The first kappa shape index (κ1) is 20.1. The van der Waals surface area contributed by atoms with Gasteiger partial charge in [0, 0.05) is 17.7 Å². The largest absolute Gasteiger partial charge is 0.341 e. The third-order valence-electron chi connectivity index (χ3n) is 5.04. The van der Waals surface area contributed by atoms with Gasteiger partial charge in [0.1, 0.15) is 0 Å². The lowest BCUT2D eigenvalue weighted by atomic mass is 10.1. The minimum atomic E-state index is -0.366. The van der Waals surface area contributed by atoms with E-state index in [1.165, 1.54) is 11.0 Å². The number of rotatable bonds is 5. The molecule has 1 aliphatic heterocycles. The molecule has 4 rings (SSSR count). The third kappa shape index (κ3) is 4.54. The van der Waals surface area contributed by atoms with Gasteiger partial charge in [-0.3, -0.25) is 19.3 Å². The summed E-state index contributed by atoms with van der Waals surface area (Å²) in [5.74, 6) is 4.84. The minimum Gasteiger partial charge on any atom is -0.341 e. The molecule has 0 aromatic heterocycles. The van der Waals surface area contributed by atoms with Gasteiger partial charge in [-0.05, 0) is 42.3 Å². The molecule has 0 aliphatic carbocycles. The molecule has 0 atom stereocenters. The zero-order valence-electron chi connectivity index (χ0n) is 16.8. The van der Waals surface area contributed by atoms with Crippen LogP contribution in [0, 0.1) is 11.8 Å². The molecule has 0 radical (unpaired) electrons. The van der Waals surface area contributed by atoms with Crippen molar-refractivity contribution in [1.29, 1.82) is 0 Å². The summed E-state index contributed by atoms with van der Waals surface area (Å²) in [6.45, 7) is 0.480. The predicted molar refractivity (Wildman–Crippen MR) is 118 cm³/mol. The average Bonchev–Trinajstić information content (AvgIpc) is 3.05. The van der Waals surface area contributed by atoms with Crippen LogP contribution in [0.5, 0.6) is 0 Å². The van der Waals surface area contributed by atoms with Gasteiger partial charge in [-0.2, -0.15) is 0 Å². The molecule has 0 saturated heterocycles. The Bertz CT molecular complexity index is 1190. The molecule has 31 heavy (non-hydrogen) atoms. The van der Waals surface area contributed by atoms with Gasteiger partial charge >= 0.3 is 0 Å². The zero-order chi connectivity index (χ0) is 21.6. The van der Waals surface area contributed by atoms with Gasteiger partial charge in [-0.15, -0.1) is 0 Å². The van der Waals surface area contributed by atoms with Crippen LogP contribution in [0.4, 0.5) is 0 Å². The lowest BCUT2D eigenvalue weighted by Crippen LogP contribution is -2.31. The Morgan fingerprint density at radius 2 is 1.52 bits per heavy atom. The first-order chi connectivity index (χ1) is 15.1. The number of nitrogens with one attached hydrogen (secondary N) is 1. The number of fused-ring (bicyclic) bond motifs is 1. The number of carbonyl (C=O) groups excluding carboxylic acids is 3. The smallest absolute Gasteiger partial charge is 0.261 e. The SMILES string of the molecule is O=C(NCC#Cc1ccccc1)c1ccc2c(c1)C(=O)N(CCc1ccccc1)C2=O. The number of carbonyl (C=O) groups is 3. The summed E-state index contributed by atoms with van der Waals surface area (Å²) in [5, 5.41) is 2.72. The fourth-order valence-electron chi connectivity index (χ4n) is 3.41. The molecule has 3 amide bonds. The second-order valence-electron chi connectivity index (χ2n) is 7.11. The highest BCUT2D eigenvalue weighted by Gasteiger charge is 2.35. The summed E-state index contributed by atoms with van der Waals surface area (Å²) < 4.78 is 0. The Morgan fingerprint density at radius 1 is 0.839 bits per heavy atom. The quantitative estimate of drug-likeness (QED) is 0.520. The van der Waals surface area contributed by atoms with Crippen LogP contribution in [0.15, 0.2) is 78.9 Å². The van der Waals surface area contributed by atoms with Crippen molar-refractivity contribution in [3.05, 3.63) is 107 Å². The Morgan fingerprint density at radius 3 is 2.26 bits per heavy atom. The van der Waals surface area contributed by atoms with Gasteiger partial charge in [0.05, 0.1) is 17.7 Å². The Hall–Kier alpha value is -4.17. The minimum absolute atomic E-state index is 0.181. The molecular weight excluding hydrogens is 388 g/mol. The van der Waals surface area contributed by atoms with E-state index < -0.39 is 0 Å². The van der Waals surface area contributed by atoms with Crippen LogP contribution in [0.2, 0.25) is 0 Å². The van der Waals surface area contributed by atoms with Gasteiger partial charge in [0.25, 0.3) is 17.7 Å². The fourth-order valence-corrected chi connectivity index (χ4v) is 3.41. The topological polar surface area (TPSA) is 66.5 Å². The molecule has 1 heterocycles. The summed E-state index contributed by atoms with van der Waals surface area (Å²) in [5.41, 5.74) is 2.84. The standard InChI is InChI=1S/C26H20N2O3/c29-24(27-16-7-12-19-8-3-1-4-9-19)21-13-14-22-23(18-21)26(31)28(25(22)30)17-15-20-10-5-2-6-11-20/h1-6,8-11,13-14,18H,15-17H2,(H,27,29). The van der Waals surface area contributed by atoms with Crippen molar-refractivity contribution in [2.75, 3.05) is 13.1 Å². The molecule has 5 heteroatoms. The summed E-state index contributed by atoms with van der Waals surface area (Å²) in [6.07, 6.45) is 0.583. The second-order valence-corrected chi connectivity index (χ2v) is 7.11. The normalized spacial score (nSPS) is 12.2. The first-order valence-electron chi connectivity index (χ1n) is 10.00. The van der Waals surface area contributed by atoms with E-state index >= 15 is 0 Å². The molecule has 0 fully saturated rings. The molecule has 1 N–H and O–H groups in total. The molecule has 0 bridgehead atoms. The summed E-state index contributed by atoms with van der Waals surface area (Å²) in [6, 6.07) is 23.8. The maximum Gasteiger partial charge on any atom is 0.261 e. The average molecular weight is 408 g/mol. The highest BCUT2D eigenvalue weighted by atomic mass is 16.2. The zero-order valence-corrected chi connectivity index (χ0v) is 16.8. The van der Waals surface area contributed by atoms with E-state index in [9.17, 15) is 14.4 Å². The summed E-state index contributed by atoms with van der Waals surface area (Å²) in [7, 11) is 0. The number of amides is 3. The molecule has 1 aliphatic rings. The molecule has 152 valence electrons. The van der Waals surface area contributed by atoms with Crippen molar-refractivity contribution >= 4 is 17.7 Å². The van der Waals surface area contributed by atoms with Crippen molar-refractivity contribution in [1.82, 2.24) is 10.2 Å². The van der Waals surface area contributed by atoms with Crippen molar-refractivity contribution in [3.63, 3.8) is 0 Å². The van der Waals surface area contributed by atoms with Crippen LogP contribution in [0.3, 0.4) is 0 Å². The molecule has 0 spiro atoms. The Kier molecular flexibility index (Phi) is 5.91. The molecule has 0 unspecified atom stereocenters. The van der Waals surface area contributed by atoms with E-state index in [0.29, 0.717) is 24.1 Å². The van der Waals surface area contributed by atoms with E-state index in [2.05, 4.69) is 17.2 Å². The van der Waals surface area contributed by atoms with Crippen molar-refractivity contribution in [2.45, 2.75) is 6.42 Å². The van der Waals surface area contributed by atoms with Crippen LogP contribution in [-0.4, -0.2) is 35.7 Å². The van der Waals surface area contributed by atoms with Crippen LogP contribution in [0.25, 0.3) is 0 Å². The van der Waals surface area contributed by atoms with E-state index in [4.69, 9.17) is 0 Å². The second kappa shape index (κ2) is 9.10.